The Morgan fingerprint density at radius 3 is 2.36 bits per heavy atom. The summed E-state index contributed by atoms with van der Waals surface area (Å²) in [5.74, 6) is -0.130. The fraction of sp³-hybridized carbons (Fsp3) is 0.286. The Morgan fingerprint density at radius 1 is 1.07 bits per heavy atom. The first kappa shape index (κ1) is 21.0. The van der Waals surface area contributed by atoms with E-state index in [1.807, 2.05) is 31.2 Å². The number of nitrogens with one attached hydrogen (secondary N) is 1. The average molecular weight is 383 g/mol. The topological polar surface area (TPSA) is 102 Å². The van der Waals surface area contributed by atoms with E-state index in [0.717, 1.165) is 5.56 Å². The summed E-state index contributed by atoms with van der Waals surface area (Å²) in [6.45, 7) is 2.70. The molecule has 2 aromatic carbocycles. The lowest BCUT2D eigenvalue weighted by molar-refractivity contribution is -0.130. The number of rotatable bonds is 9. The molecule has 7 nitrogen and oxygen atoms in total. The van der Waals surface area contributed by atoms with E-state index in [1.165, 1.54) is 0 Å². The third kappa shape index (κ3) is 5.84. The first-order valence-electron chi connectivity index (χ1n) is 9.04. The van der Waals surface area contributed by atoms with Crippen LogP contribution in [0.1, 0.15) is 29.3 Å². The maximum atomic E-state index is 12.6. The summed E-state index contributed by atoms with van der Waals surface area (Å²) in [5.41, 5.74) is 6.94. The second-order valence-corrected chi connectivity index (χ2v) is 6.20. The van der Waals surface area contributed by atoms with Gasteiger partial charge in [-0.15, -0.1) is 0 Å². The van der Waals surface area contributed by atoms with E-state index in [0.29, 0.717) is 30.1 Å². The van der Waals surface area contributed by atoms with Crippen LogP contribution in [0.25, 0.3) is 0 Å². The van der Waals surface area contributed by atoms with Crippen LogP contribution in [0.4, 0.5) is 5.69 Å². The molecule has 0 radical (unpaired) electrons. The average Bonchev–Trinajstić information content (AvgIpc) is 2.69. The highest BCUT2D eigenvalue weighted by Crippen LogP contribution is 2.18. The van der Waals surface area contributed by atoms with Crippen molar-refractivity contribution in [2.45, 2.75) is 19.8 Å². The van der Waals surface area contributed by atoms with E-state index in [1.54, 1.807) is 36.3 Å². The van der Waals surface area contributed by atoms with Crippen molar-refractivity contribution < 1.29 is 19.1 Å². The van der Waals surface area contributed by atoms with Gasteiger partial charge in [0.05, 0.1) is 13.5 Å². The smallest absolute Gasteiger partial charge is 0.248 e. The largest absolute Gasteiger partial charge is 0.496 e. The highest BCUT2D eigenvalue weighted by atomic mass is 16.5. The minimum Gasteiger partial charge on any atom is -0.496 e. The number of nitrogens with two attached hydrogens (primary N) is 1. The Kier molecular flexibility index (Phi) is 7.56. The highest BCUT2D eigenvalue weighted by molar-refractivity contribution is 5.95. The number of hydrogen-bond donors (Lipinski definition) is 2. The summed E-state index contributed by atoms with van der Waals surface area (Å²) in [7, 11) is 1.57. The van der Waals surface area contributed by atoms with Gasteiger partial charge in [0.25, 0.3) is 0 Å². The van der Waals surface area contributed by atoms with Crippen LogP contribution in [-0.2, 0) is 16.0 Å². The number of para-hydroxylation sites is 1. The third-order valence-corrected chi connectivity index (χ3v) is 4.33. The van der Waals surface area contributed by atoms with E-state index in [-0.39, 0.29) is 24.7 Å². The quantitative estimate of drug-likeness (QED) is 0.693. The van der Waals surface area contributed by atoms with Gasteiger partial charge in [-0.2, -0.15) is 0 Å². The minimum atomic E-state index is -0.523. The molecule has 0 atom stereocenters. The molecular weight excluding hydrogens is 358 g/mol. The maximum Gasteiger partial charge on any atom is 0.248 e. The molecule has 0 aromatic heterocycles. The molecule has 2 aromatic rings. The SMILES string of the molecule is CCN(CCC(=O)Nc1ccc(C(N)=O)cc1)C(=O)Cc1ccccc1OC. The van der Waals surface area contributed by atoms with E-state index < -0.39 is 5.91 Å². The van der Waals surface area contributed by atoms with Crippen molar-refractivity contribution in [2.24, 2.45) is 5.73 Å². The first-order valence-corrected chi connectivity index (χ1v) is 9.04. The van der Waals surface area contributed by atoms with Crippen molar-refractivity contribution in [1.82, 2.24) is 4.90 Å². The van der Waals surface area contributed by atoms with Crippen LogP contribution in [-0.4, -0.2) is 42.8 Å². The van der Waals surface area contributed by atoms with Crippen LogP contribution in [0.3, 0.4) is 0 Å². The van der Waals surface area contributed by atoms with Gasteiger partial charge in [0.15, 0.2) is 0 Å². The lowest BCUT2D eigenvalue weighted by Gasteiger charge is -2.21. The molecule has 0 saturated carbocycles. The zero-order valence-corrected chi connectivity index (χ0v) is 16.1. The number of methoxy groups -OCH3 is 1. The second-order valence-electron chi connectivity index (χ2n) is 6.20. The molecular formula is C21H25N3O4. The summed E-state index contributed by atoms with van der Waals surface area (Å²) in [4.78, 5) is 37.5. The molecule has 0 bridgehead atoms. The number of carbonyl (C=O) groups is 3. The molecule has 0 spiro atoms. The van der Waals surface area contributed by atoms with Gasteiger partial charge in [0.1, 0.15) is 5.75 Å². The molecule has 0 aliphatic heterocycles. The number of carbonyl (C=O) groups excluding carboxylic acids is 3. The number of likely N-dealkylation sites (N-methyl/N-ethyl adjacent to an activating group) is 1. The fourth-order valence-electron chi connectivity index (χ4n) is 2.76. The Bertz CT molecular complexity index is 834. The van der Waals surface area contributed by atoms with Crippen molar-refractivity contribution in [2.75, 3.05) is 25.5 Å². The summed E-state index contributed by atoms with van der Waals surface area (Å²) >= 11 is 0. The number of ether oxygens (including phenoxy) is 1. The monoisotopic (exact) mass is 383 g/mol. The van der Waals surface area contributed by atoms with Gasteiger partial charge in [-0.3, -0.25) is 14.4 Å². The molecule has 7 heteroatoms. The van der Waals surface area contributed by atoms with Crippen molar-refractivity contribution in [3.63, 3.8) is 0 Å². The van der Waals surface area contributed by atoms with Gasteiger partial charge in [0, 0.05) is 36.3 Å². The van der Waals surface area contributed by atoms with Crippen LogP contribution >= 0.6 is 0 Å². The number of amides is 3. The maximum absolute atomic E-state index is 12.6. The molecule has 148 valence electrons. The number of hydrogen-bond acceptors (Lipinski definition) is 4. The molecule has 0 aliphatic carbocycles. The van der Waals surface area contributed by atoms with Crippen molar-refractivity contribution in [1.29, 1.82) is 0 Å². The van der Waals surface area contributed by atoms with Crippen molar-refractivity contribution >= 4 is 23.4 Å². The molecule has 3 N–H and O–H groups in total. The molecule has 0 heterocycles. The number of benzene rings is 2. The minimum absolute atomic E-state index is 0.0642. The number of nitrogens with zero attached hydrogens (tertiary/aromatic N) is 1. The van der Waals surface area contributed by atoms with Crippen molar-refractivity contribution in [3.05, 3.63) is 59.7 Å². The van der Waals surface area contributed by atoms with E-state index in [2.05, 4.69) is 5.32 Å². The zero-order valence-electron chi connectivity index (χ0n) is 16.1. The van der Waals surface area contributed by atoms with Crippen LogP contribution in [0, 0.1) is 0 Å². The van der Waals surface area contributed by atoms with Crippen molar-refractivity contribution in [3.8, 4) is 5.75 Å². The molecule has 3 amide bonds. The summed E-state index contributed by atoms with van der Waals surface area (Å²) in [6, 6.07) is 13.7. The van der Waals surface area contributed by atoms with E-state index >= 15 is 0 Å². The first-order chi connectivity index (χ1) is 13.4. The van der Waals surface area contributed by atoms with Gasteiger partial charge < -0.3 is 20.7 Å². The predicted octanol–water partition coefficient (Wildman–Crippen LogP) is 2.21. The van der Waals surface area contributed by atoms with Crippen LogP contribution in [0.2, 0.25) is 0 Å². The van der Waals surface area contributed by atoms with Gasteiger partial charge in [-0.25, -0.2) is 0 Å². The lowest BCUT2D eigenvalue weighted by atomic mass is 10.1. The Labute approximate surface area is 164 Å². The van der Waals surface area contributed by atoms with Crippen LogP contribution < -0.4 is 15.8 Å². The Hall–Kier alpha value is -3.35. The molecule has 0 aliphatic rings. The molecule has 0 fully saturated rings. The molecule has 0 saturated heterocycles. The summed E-state index contributed by atoms with van der Waals surface area (Å²) < 4.78 is 5.28. The fourth-order valence-corrected chi connectivity index (χ4v) is 2.76. The highest BCUT2D eigenvalue weighted by Gasteiger charge is 2.16. The number of primary amides is 1. The standard InChI is InChI=1S/C21H25N3O4/c1-3-24(20(26)14-16-6-4-5-7-18(16)28-2)13-12-19(25)23-17-10-8-15(9-11-17)21(22)27/h4-11H,3,12-14H2,1-2H3,(H2,22,27)(H,23,25). The van der Waals surface area contributed by atoms with Crippen LogP contribution in [0.15, 0.2) is 48.5 Å². The van der Waals surface area contributed by atoms with Gasteiger partial charge in [-0.05, 0) is 37.3 Å². The summed E-state index contributed by atoms with van der Waals surface area (Å²) in [5, 5.41) is 2.75. The molecule has 2 rings (SSSR count). The van der Waals surface area contributed by atoms with Gasteiger partial charge in [0.2, 0.25) is 17.7 Å². The van der Waals surface area contributed by atoms with Gasteiger partial charge in [-0.1, -0.05) is 18.2 Å². The van der Waals surface area contributed by atoms with E-state index in [9.17, 15) is 14.4 Å². The molecule has 28 heavy (non-hydrogen) atoms. The normalized spacial score (nSPS) is 10.2. The summed E-state index contributed by atoms with van der Waals surface area (Å²) in [6.07, 6.45) is 0.386. The van der Waals surface area contributed by atoms with E-state index in [4.69, 9.17) is 10.5 Å². The third-order valence-electron chi connectivity index (χ3n) is 4.33. The van der Waals surface area contributed by atoms with Gasteiger partial charge >= 0.3 is 0 Å². The predicted molar refractivity (Wildman–Crippen MR) is 107 cm³/mol. The Balaban J connectivity index is 1.88. The molecule has 0 unspecified atom stereocenters. The zero-order chi connectivity index (χ0) is 20.5. The Morgan fingerprint density at radius 2 is 1.75 bits per heavy atom. The second kappa shape index (κ2) is 10.1. The number of anilines is 1. The van der Waals surface area contributed by atoms with Crippen LogP contribution in [0.5, 0.6) is 5.75 Å². The lowest BCUT2D eigenvalue weighted by Crippen LogP contribution is -2.34.